The highest BCUT2D eigenvalue weighted by molar-refractivity contribution is 8.03. The SMILES string of the molecule is C=C1CCC2=C(CC1)SC(C)C=C2. The standard InChI is InChI=1S/C12H16S/c1-9-3-6-11-7-5-10(2)13-12(11)8-4-9/h5,7,10H,1,3-4,6,8H2,2H3. The fraction of sp³-hybridized carbons (Fsp3) is 0.500. The maximum absolute atomic E-state index is 4.09. The van der Waals surface area contributed by atoms with E-state index in [9.17, 15) is 0 Å². The third-order valence-electron chi connectivity index (χ3n) is 2.71. The van der Waals surface area contributed by atoms with Gasteiger partial charge in [-0.3, -0.25) is 0 Å². The van der Waals surface area contributed by atoms with E-state index in [0.29, 0.717) is 5.25 Å². The molecule has 1 aliphatic carbocycles. The van der Waals surface area contributed by atoms with E-state index in [4.69, 9.17) is 0 Å². The van der Waals surface area contributed by atoms with Gasteiger partial charge in [0.1, 0.15) is 0 Å². The number of allylic oxidation sites excluding steroid dienone is 4. The summed E-state index contributed by atoms with van der Waals surface area (Å²) in [5.41, 5.74) is 3.00. The number of rotatable bonds is 0. The Morgan fingerprint density at radius 2 is 2.08 bits per heavy atom. The molecule has 1 aliphatic heterocycles. The van der Waals surface area contributed by atoms with E-state index >= 15 is 0 Å². The molecule has 0 aromatic heterocycles. The van der Waals surface area contributed by atoms with Crippen molar-refractivity contribution in [3.63, 3.8) is 0 Å². The molecule has 70 valence electrons. The zero-order chi connectivity index (χ0) is 9.26. The summed E-state index contributed by atoms with van der Waals surface area (Å²) in [5, 5.41) is 0.671. The molecule has 0 N–H and O–H groups in total. The maximum Gasteiger partial charge on any atom is 0.0246 e. The Morgan fingerprint density at radius 3 is 2.92 bits per heavy atom. The monoisotopic (exact) mass is 192 g/mol. The lowest BCUT2D eigenvalue weighted by Gasteiger charge is -2.17. The zero-order valence-corrected chi connectivity index (χ0v) is 8.99. The topological polar surface area (TPSA) is 0 Å². The largest absolute Gasteiger partial charge is 0.123 e. The Labute approximate surface area is 84.8 Å². The van der Waals surface area contributed by atoms with E-state index in [2.05, 4.69) is 25.7 Å². The van der Waals surface area contributed by atoms with Crippen LogP contribution >= 0.6 is 11.8 Å². The van der Waals surface area contributed by atoms with E-state index in [0.717, 1.165) is 0 Å². The second kappa shape index (κ2) is 3.75. The molecular formula is C12H16S. The Balaban J connectivity index is 2.17. The average Bonchev–Trinajstić information content (AvgIpc) is 2.29. The fourth-order valence-corrected chi connectivity index (χ4v) is 3.00. The molecule has 1 unspecified atom stereocenters. The molecule has 0 aromatic rings. The highest BCUT2D eigenvalue weighted by atomic mass is 32.2. The van der Waals surface area contributed by atoms with Crippen LogP contribution in [0, 0.1) is 0 Å². The Kier molecular flexibility index (Phi) is 2.63. The van der Waals surface area contributed by atoms with Crippen molar-refractivity contribution in [2.24, 2.45) is 0 Å². The summed E-state index contributed by atoms with van der Waals surface area (Å²) in [6, 6.07) is 0. The van der Waals surface area contributed by atoms with Crippen LogP contribution in [0.3, 0.4) is 0 Å². The Bertz CT molecular complexity index is 283. The van der Waals surface area contributed by atoms with Crippen molar-refractivity contribution in [2.75, 3.05) is 0 Å². The van der Waals surface area contributed by atoms with Gasteiger partial charge in [-0.2, -0.15) is 0 Å². The summed E-state index contributed by atoms with van der Waals surface area (Å²) in [6.07, 6.45) is 9.48. The first-order valence-electron chi connectivity index (χ1n) is 4.99. The molecule has 0 saturated carbocycles. The summed E-state index contributed by atoms with van der Waals surface area (Å²) in [6.45, 7) is 6.36. The molecule has 0 fully saturated rings. The van der Waals surface area contributed by atoms with E-state index in [1.54, 1.807) is 10.5 Å². The Morgan fingerprint density at radius 1 is 1.31 bits per heavy atom. The molecule has 1 heteroatoms. The van der Waals surface area contributed by atoms with Gasteiger partial charge in [0.05, 0.1) is 0 Å². The van der Waals surface area contributed by atoms with Crippen LogP contribution < -0.4 is 0 Å². The van der Waals surface area contributed by atoms with Crippen molar-refractivity contribution >= 4 is 11.8 Å². The first-order chi connectivity index (χ1) is 6.25. The summed E-state index contributed by atoms with van der Waals surface area (Å²) >= 11 is 2.04. The van der Waals surface area contributed by atoms with Gasteiger partial charge in [0.2, 0.25) is 0 Å². The molecule has 0 bridgehead atoms. The molecular weight excluding hydrogens is 176 g/mol. The lowest BCUT2D eigenvalue weighted by Crippen LogP contribution is -1.98. The summed E-state index contributed by atoms with van der Waals surface area (Å²) in [4.78, 5) is 1.62. The molecule has 0 radical (unpaired) electrons. The van der Waals surface area contributed by atoms with Crippen molar-refractivity contribution in [1.82, 2.24) is 0 Å². The van der Waals surface area contributed by atoms with Crippen molar-refractivity contribution in [1.29, 1.82) is 0 Å². The van der Waals surface area contributed by atoms with E-state index < -0.39 is 0 Å². The predicted molar refractivity (Wildman–Crippen MR) is 60.8 cm³/mol. The smallest absolute Gasteiger partial charge is 0.0246 e. The van der Waals surface area contributed by atoms with Gasteiger partial charge in [0, 0.05) is 5.25 Å². The minimum atomic E-state index is 0.671. The van der Waals surface area contributed by atoms with Gasteiger partial charge in [0.25, 0.3) is 0 Å². The maximum atomic E-state index is 4.09. The normalized spacial score (nSPS) is 28.7. The number of thioether (sulfide) groups is 1. The minimum absolute atomic E-state index is 0.671. The van der Waals surface area contributed by atoms with E-state index in [-0.39, 0.29) is 0 Å². The van der Waals surface area contributed by atoms with Crippen LogP contribution in [0.5, 0.6) is 0 Å². The summed E-state index contributed by atoms with van der Waals surface area (Å²) < 4.78 is 0. The molecule has 0 aromatic carbocycles. The fourth-order valence-electron chi connectivity index (χ4n) is 1.85. The number of hydrogen-bond donors (Lipinski definition) is 0. The average molecular weight is 192 g/mol. The predicted octanol–water partition coefficient (Wildman–Crippen LogP) is 4.06. The highest BCUT2D eigenvalue weighted by Gasteiger charge is 2.16. The second-order valence-corrected chi connectivity index (χ2v) is 5.35. The van der Waals surface area contributed by atoms with Gasteiger partial charge in [-0.1, -0.05) is 24.3 Å². The first kappa shape index (κ1) is 9.14. The molecule has 2 rings (SSSR count). The van der Waals surface area contributed by atoms with Crippen LogP contribution in [0.4, 0.5) is 0 Å². The quantitative estimate of drug-likeness (QED) is 0.521. The van der Waals surface area contributed by atoms with Crippen LogP contribution in [-0.2, 0) is 0 Å². The third kappa shape index (κ3) is 2.08. The molecule has 1 heterocycles. The van der Waals surface area contributed by atoms with E-state index in [1.807, 2.05) is 11.8 Å². The Hall–Kier alpha value is -0.430. The summed E-state index contributed by atoms with van der Waals surface area (Å²) in [5.74, 6) is 0. The highest BCUT2D eigenvalue weighted by Crippen LogP contribution is 2.39. The van der Waals surface area contributed by atoms with Gasteiger partial charge >= 0.3 is 0 Å². The van der Waals surface area contributed by atoms with Crippen LogP contribution in [0.15, 0.2) is 34.8 Å². The van der Waals surface area contributed by atoms with Crippen LogP contribution in [0.1, 0.15) is 32.6 Å². The van der Waals surface area contributed by atoms with Crippen LogP contribution in [0.25, 0.3) is 0 Å². The molecule has 0 spiro atoms. The molecule has 13 heavy (non-hydrogen) atoms. The van der Waals surface area contributed by atoms with Gasteiger partial charge in [0.15, 0.2) is 0 Å². The van der Waals surface area contributed by atoms with Crippen molar-refractivity contribution in [2.45, 2.75) is 37.9 Å². The molecule has 1 atom stereocenters. The molecule has 0 nitrogen and oxygen atoms in total. The van der Waals surface area contributed by atoms with Crippen LogP contribution in [-0.4, -0.2) is 5.25 Å². The van der Waals surface area contributed by atoms with Gasteiger partial charge in [-0.05, 0) is 43.1 Å². The lowest BCUT2D eigenvalue weighted by molar-refractivity contribution is 0.896. The second-order valence-electron chi connectivity index (χ2n) is 3.88. The van der Waals surface area contributed by atoms with Crippen LogP contribution in [0.2, 0.25) is 0 Å². The minimum Gasteiger partial charge on any atom is -0.123 e. The summed E-state index contributed by atoms with van der Waals surface area (Å²) in [7, 11) is 0. The van der Waals surface area contributed by atoms with Gasteiger partial charge < -0.3 is 0 Å². The molecule has 0 amide bonds. The molecule has 0 saturated heterocycles. The van der Waals surface area contributed by atoms with Crippen molar-refractivity contribution < 1.29 is 0 Å². The van der Waals surface area contributed by atoms with Gasteiger partial charge in [-0.15, -0.1) is 11.8 Å². The van der Waals surface area contributed by atoms with Crippen molar-refractivity contribution in [3.8, 4) is 0 Å². The van der Waals surface area contributed by atoms with E-state index in [1.165, 1.54) is 31.3 Å². The van der Waals surface area contributed by atoms with Gasteiger partial charge in [-0.25, -0.2) is 0 Å². The van der Waals surface area contributed by atoms with Crippen molar-refractivity contribution in [3.05, 3.63) is 34.8 Å². The third-order valence-corrected chi connectivity index (χ3v) is 3.99. The lowest BCUT2D eigenvalue weighted by atomic mass is 10.1. The number of hydrogen-bond acceptors (Lipinski definition) is 1. The molecule has 2 aliphatic rings. The first-order valence-corrected chi connectivity index (χ1v) is 5.87. The zero-order valence-electron chi connectivity index (χ0n) is 8.18.